The van der Waals surface area contributed by atoms with Crippen molar-refractivity contribution >= 4 is 40.5 Å². The zero-order valence-electron chi connectivity index (χ0n) is 21.7. The van der Waals surface area contributed by atoms with E-state index in [0.29, 0.717) is 35.4 Å². The van der Waals surface area contributed by atoms with Crippen LogP contribution < -0.4 is 19.7 Å². The number of carbonyl (C=O) groups excluding carboxylic acids is 2. The van der Waals surface area contributed by atoms with Gasteiger partial charge >= 0.3 is 0 Å². The van der Waals surface area contributed by atoms with Crippen LogP contribution in [0.25, 0.3) is 0 Å². The second kappa shape index (κ2) is 12.4. The fraction of sp³-hybridized carbons (Fsp3) is 0.444. The molecule has 2 aromatic rings. The van der Waals surface area contributed by atoms with Crippen molar-refractivity contribution in [1.82, 2.24) is 14.7 Å². The monoisotopic (exact) mass is 525 g/mol. The van der Waals surface area contributed by atoms with E-state index in [1.165, 1.54) is 0 Å². The second-order valence-electron chi connectivity index (χ2n) is 9.22. The maximum absolute atomic E-state index is 13.7. The molecule has 0 radical (unpaired) electrons. The molecule has 1 N–H and O–H groups in total. The molecule has 1 atom stereocenters. The Labute approximate surface area is 223 Å². The van der Waals surface area contributed by atoms with Crippen LogP contribution in [0.5, 0.6) is 11.5 Å². The van der Waals surface area contributed by atoms with Gasteiger partial charge in [-0.2, -0.15) is 0 Å². The molecule has 4 rings (SSSR count). The molecule has 37 heavy (non-hydrogen) atoms. The van der Waals surface area contributed by atoms with E-state index in [9.17, 15) is 9.59 Å². The van der Waals surface area contributed by atoms with Crippen LogP contribution in [0.4, 0.5) is 11.4 Å². The third-order valence-electron chi connectivity index (χ3n) is 6.73. The van der Waals surface area contributed by atoms with Crippen LogP contribution in [0.3, 0.4) is 0 Å². The molecule has 0 aromatic heterocycles. The molecule has 2 saturated heterocycles. The Balaban J connectivity index is 1.49. The Morgan fingerprint density at radius 1 is 1.00 bits per heavy atom. The van der Waals surface area contributed by atoms with Gasteiger partial charge < -0.3 is 24.6 Å². The number of anilines is 2. The number of hydrogen-bond acceptors (Lipinski definition) is 7. The van der Waals surface area contributed by atoms with Crippen LogP contribution in [0.1, 0.15) is 13.3 Å². The molecule has 0 aliphatic carbocycles. The normalized spacial score (nSPS) is 18.8. The molecule has 10 heteroatoms. The van der Waals surface area contributed by atoms with Gasteiger partial charge in [0.15, 0.2) is 5.11 Å². The number of methoxy groups -OCH3 is 1. The predicted octanol–water partition coefficient (Wildman–Crippen LogP) is 2.67. The van der Waals surface area contributed by atoms with Gasteiger partial charge in [0.1, 0.15) is 17.5 Å². The van der Waals surface area contributed by atoms with Crippen molar-refractivity contribution in [3.63, 3.8) is 0 Å². The minimum atomic E-state index is -0.676. The first-order chi connectivity index (χ1) is 17.9. The Morgan fingerprint density at radius 2 is 1.65 bits per heavy atom. The largest absolute Gasteiger partial charge is 0.497 e. The lowest BCUT2D eigenvalue weighted by Crippen LogP contribution is -2.48. The maximum atomic E-state index is 13.7. The van der Waals surface area contributed by atoms with Crippen LogP contribution in [0, 0.1) is 0 Å². The van der Waals surface area contributed by atoms with Gasteiger partial charge in [-0.25, -0.2) is 0 Å². The number of carbonyl (C=O) groups is 2. The standard InChI is InChI=1S/C27H35N5O4S/c1-4-36-23-11-7-21(8-12-23)32-26(34)24(19-25(33)28-20-5-9-22(35-3)10-6-20)31(27(32)37)18-17-30-15-13-29(2)14-16-30/h5-12,24H,4,13-19H2,1-3H3,(H,28,33)/t24-/m0/s1. The summed E-state index contributed by atoms with van der Waals surface area (Å²) in [7, 11) is 3.72. The van der Waals surface area contributed by atoms with E-state index in [1.807, 2.05) is 36.1 Å². The molecule has 2 aliphatic heterocycles. The molecule has 9 nitrogen and oxygen atoms in total. The molecular formula is C27H35N5O4S. The molecule has 2 aliphatic rings. The number of rotatable bonds is 10. The molecule has 2 aromatic carbocycles. The number of nitrogens with zero attached hydrogens (tertiary/aromatic N) is 4. The zero-order chi connectivity index (χ0) is 26.4. The minimum Gasteiger partial charge on any atom is -0.497 e. The van der Waals surface area contributed by atoms with Gasteiger partial charge in [0.25, 0.3) is 5.91 Å². The number of thiocarbonyl (C=S) groups is 1. The minimum absolute atomic E-state index is 0.00126. The summed E-state index contributed by atoms with van der Waals surface area (Å²) in [4.78, 5) is 34.8. The van der Waals surface area contributed by atoms with Crippen molar-refractivity contribution < 1.29 is 19.1 Å². The van der Waals surface area contributed by atoms with E-state index < -0.39 is 6.04 Å². The van der Waals surface area contributed by atoms with Crippen LogP contribution >= 0.6 is 12.2 Å². The molecular weight excluding hydrogens is 490 g/mol. The Hall–Kier alpha value is -3.21. The van der Waals surface area contributed by atoms with E-state index in [0.717, 1.165) is 38.5 Å². The predicted molar refractivity (Wildman–Crippen MR) is 148 cm³/mol. The third kappa shape index (κ3) is 6.57. The molecule has 2 heterocycles. The van der Waals surface area contributed by atoms with Gasteiger partial charge in [0.05, 0.1) is 25.8 Å². The average molecular weight is 526 g/mol. The SMILES string of the molecule is CCOc1ccc(N2C(=O)[C@H](CC(=O)Nc3ccc(OC)cc3)N(CCN3CCN(C)CC3)C2=S)cc1. The van der Waals surface area contributed by atoms with Crippen LogP contribution in [0.15, 0.2) is 48.5 Å². The molecule has 0 spiro atoms. The van der Waals surface area contributed by atoms with E-state index in [2.05, 4.69) is 22.2 Å². The molecule has 198 valence electrons. The Bertz CT molecular complexity index is 1090. The van der Waals surface area contributed by atoms with Crippen molar-refractivity contribution in [3.8, 4) is 11.5 Å². The number of amides is 2. The van der Waals surface area contributed by atoms with E-state index in [4.69, 9.17) is 21.7 Å². The Kier molecular flexibility index (Phi) is 8.96. The lowest BCUT2D eigenvalue weighted by atomic mass is 10.1. The maximum Gasteiger partial charge on any atom is 0.256 e. The first kappa shape index (κ1) is 26.8. The van der Waals surface area contributed by atoms with Gasteiger partial charge in [-0.3, -0.25) is 19.4 Å². The van der Waals surface area contributed by atoms with E-state index >= 15 is 0 Å². The first-order valence-corrected chi connectivity index (χ1v) is 13.0. The highest BCUT2D eigenvalue weighted by Gasteiger charge is 2.44. The summed E-state index contributed by atoms with van der Waals surface area (Å²) >= 11 is 5.81. The van der Waals surface area contributed by atoms with Crippen LogP contribution in [-0.4, -0.2) is 97.7 Å². The molecule has 0 unspecified atom stereocenters. The highest BCUT2D eigenvalue weighted by Crippen LogP contribution is 2.29. The Morgan fingerprint density at radius 3 is 2.27 bits per heavy atom. The number of piperazine rings is 1. The number of hydrogen-bond donors (Lipinski definition) is 1. The van der Waals surface area contributed by atoms with E-state index in [1.54, 1.807) is 36.3 Å². The number of ether oxygens (including phenoxy) is 2. The molecule has 2 fully saturated rings. The topological polar surface area (TPSA) is 77.6 Å². The van der Waals surface area contributed by atoms with Crippen molar-refractivity contribution in [2.24, 2.45) is 0 Å². The van der Waals surface area contributed by atoms with Crippen LogP contribution in [0.2, 0.25) is 0 Å². The summed E-state index contributed by atoms with van der Waals surface area (Å²) in [5.74, 6) is 0.989. The fourth-order valence-corrected chi connectivity index (χ4v) is 4.98. The zero-order valence-corrected chi connectivity index (χ0v) is 22.5. The number of nitrogens with one attached hydrogen (secondary N) is 1. The molecule has 2 amide bonds. The summed E-state index contributed by atoms with van der Waals surface area (Å²) in [5.41, 5.74) is 1.31. The quantitative estimate of drug-likeness (QED) is 0.475. The lowest BCUT2D eigenvalue weighted by Gasteiger charge is -2.34. The smallest absolute Gasteiger partial charge is 0.256 e. The number of likely N-dealkylation sites (N-methyl/N-ethyl adjacent to an activating group) is 1. The average Bonchev–Trinajstić information content (AvgIpc) is 3.13. The highest BCUT2D eigenvalue weighted by atomic mass is 32.1. The third-order valence-corrected chi connectivity index (χ3v) is 7.15. The summed E-state index contributed by atoms with van der Waals surface area (Å²) in [6.45, 7) is 7.79. The van der Waals surface area contributed by atoms with Gasteiger partial charge in [-0.05, 0) is 74.7 Å². The molecule has 0 bridgehead atoms. The summed E-state index contributed by atoms with van der Waals surface area (Å²) in [6.07, 6.45) is 0.00126. The highest BCUT2D eigenvalue weighted by molar-refractivity contribution is 7.80. The van der Waals surface area contributed by atoms with Crippen molar-refractivity contribution in [3.05, 3.63) is 48.5 Å². The lowest BCUT2D eigenvalue weighted by molar-refractivity contribution is -0.124. The van der Waals surface area contributed by atoms with Crippen molar-refractivity contribution in [2.75, 3.05) is 70.2 Å². The first-order valence-electron chi connectivity index (χ1n) is 12.6. The fourth-order valence-electron chi connectivity index (χ4n) is 4.57. The van der Waals surface area contributed by atoms with Gasteiger partial charge in [-0.1, -0.05) is 0 Å². The second-order valence-corrected chi connectivity index (χ2v) is 9.58. The summed E-state index contributed by atoms with van der Waals surface area (Å²) in [5, 5.41) is 3.32. The van der Waals surface area contributed by atoms with E-state index in [-0.39, 0.29) is 18.2 Å². The summed E-state index contributed by atoms with van der Waals surface area (Å²) < 4.78 is 10.7. The van der Waals surface area contributed by atoms with Crippen molar-refractivity contribution in [2.45, 2.75) is 19.4 Å². The number of benzene rings is 2. The van der Waals surface area contributed by atoms with Crippen molar-refractivity contribution in [1.29, 1.82) is 0 Å². The van der Waals surface area contributed by atoms with Gasteiger partial charge in [0.2, 0.25) is 5.91 Å². The van der Waals surface area contributed by atoms with Gasteiger partial charge in [0, 0.05) is 45.0 Å². The van der Waals surface area contributed by atoms with Gasteiger partial charge in [-0.15, -0.1) is 0 Å². The van der Waals surface area contributed by atoms with Crippen LogP contribution in [-0.2, 0) is 9.59 Å². The molecule has 0 saturated carbocycles. The summed E-state index contributed by atoms with van der Waals surface area (Å²) in [6, 6.07) is 13.7.